The van der Waals surface area contributed by atoms with Crippen LogP contribution in [0.4, 0.5) is 4.79 Å². The maximum absolute atomic E-state index is 12.3. The first kappa shape index (κ1) is 17.7. The number of hydrogen-bond acceptors (Lipinski definition) is 3. The summed E-state index contributed by atoms with van der Waals surface area (Å²) in [6.45, 7) is 3.66. The van der Waals surface area contributed by atoms with Crippen LogP contribution in [0.3, 0.4) is 0 Å². The van der Waals surface area contributed by atoms with Gasteiger partial charge in [-0.05, 0) is 37.1 Å². The van der Waals surface area contributed by atoms with Gasteiger partial charge in [0.1, 0.15) is 0 Å². The number of benzene rings is 2. The Morgan fingerprint density at radius 2 is 1.62 bits per heavy atom. The fourth-order valence-electron chi connectivity index (χ4n) is 2.86. The van der Waals surface area contributed by atoms with E-state index in [-0.39, 0.29) is 12.1 Å². The third kappa shape index (κ3) is 4.28. The van der Waals surface area contributed by atoms with E-state index < -0.39 is 6.09 Å². The van der Waals surface area contributed by atoms with Gasteiger partial charge in [0.25, 0.3) is 0 Å². The molecule has 0 bridgehead atoms. The number of carbonyl (C=O) groups is 1. The quantitative estimate of drug-likeness (QED) is 0.709. The lowest BCUT2D eigenvalue weighted by Crippen LogP contribution is -2.31. The van der Waals surface area contributed by atoms with Crippen LogP contribution in [0.15, 0.2) is 79.0 Å². The summed E-state index contributed by atoms with van der Waals surface area (Å²) in [6, 6.07) is 23.3. The zero-order valence-corrected chi connectivity index (χ0v) is 14.9. The topological polar surface area (TPSA) is 51.2 Å². The van der Waals surface area contributed by atoms with Gasteiger partial charge in [0.2, 0.25) is 0 Å². The predicted molar refractivity (Wildman–Crippen MR) is 103 cm³/mol. The molecule has 2 aromatic carbocycles. The van der Waals surface area contributed by atoms with E-state index in [2.05, 4.69) is 10.3 Å². The smallest absolute Gasteiger partial charge is 0.408 e. The second-order valence-electron chi connectivity index (χ2n) is 6.24. The van der Waals surface area contributed by atoms with Gasteiger partial charge in [0.15, 0.2) is 0 Å². The number of amides is 1. The zero-order chi connectivity index (χ0) is 18.4. The van der Waals surface area contributed by atoms with Gasteiger partial charge in [-0.3, -0.25) is 4.98 Å². The summed E-state index contributed by atoms with van der Waals surface area (Å²) >= 11 is 0. The van der Waals surface area contributed by atoms with Crippen molar-refractivity contribution in [3.8, 4) is 11.3 Å². The Morgan fingerprint density at radius 3 is 2.31 bits per heavy atom. The van der Waals surface area contributed by atoms with Gasteiger partial charge in [-0.2, -0.15) is 0 Å². The molecule has 132 valence electrons. The second kappa shape index (κ2) is 8.30. The average Bonchev–Trinajstić information content (AvgIpc) is 2.67. The molecule has 0 saturated heterocycles. The van der Waals surface area contributed by atoms with Crippen molar-refractivity contribution in [1.29, 1.82) is 0 Å². The molecule has 4 heteroatoms. The molecule has 1 heterocycles. The molecular formula is C22H22N2O2. The standard InChI is InChI=1S/C22H22N2O2/c1-16(2)26-22(25)24-21(17-10-4-3-5-11-17)19-13-7-6-12-18(19)20-14-8-9-15-23-20/h3-16,21H,1-2H3,(H,24,25). The van der Waals surface area contributed by atoms with Crippen molar-refractivity contribution in [3.05, 3.63) is 90.1 Å². The molecule has 3 aromatic rings. The first-order valence-corrected chi connectivity index (χ1v) is 8.67. The molecule has 0 saturated carbocycles. The Labute approximate surface area is 153 Å². The van der Waals surface area contributed by atoms with Gasteiger partial charge in [-0.1, -0.05) is 60.7 Å². The molecule has 0 radical (unpaired) electrons. The molecule has 1 aromatic heterocycles. The van der Waals surface area contributed by atoms with Gasteiger partial charge in [-0.15, -0.1) is 0 Å². The minimum absolute atomic E-state index is 0.183. The summed E-state index contributed by atoms with van der Waals surface area (Å²) in [5.74, 6) is 0. The maximum atomic E-state index is 12.3. The van der Waals surface area contributed by atoms with Crippen molar-refractivity contribution in [1.82, 2.24) is 10.3 Å². The lowest BCUT2D eigenvalue weighted by molar-refractivity contribution is 0.113. The van der Waals surface area contributed by atoms with Gasteiger partial charge in [0.05, 0.1) is 17.8 Å². The first-order chi connectivity index (χ1) is 12.6. The summed E-state index contributed by atoms with van der Waals surface area (Å²) in [6.07, 6.45) is 1.14. The highest BCUT2D eigenvalue weighted by atomic mass is 16.6. The summed E-state index contributed by atoms with van der Waals surface area (Å²) in [7, 11) is 0. The van der Waals surface area contributed by atoms with E-state index in [0.717, 1.165) is 22.4 Å². The van der Waals surface area contributed by atoms with Gasteiger partial charge in [-0.25, -0.2) is 4.79 Å². The molecule has 1 atom stereocenters. The van der Waals surface area contributed by atoms with E-state index in [4.69, 9.17) is 4.74 Å². The number of aromatic nitrogens is 1. The number of alkyl carbamates (subject to hydrolysis) is 1. The fraction of sp³-hybridized carbons (Fsp3) is 0.182. The van der Waals surface area contributed by atoms with Crippen molar-refractivity contribution >= 4 is 6.09 Å². The van der Waals surface area contributed by atoms with Crippen molar-refractivity contribution < 1.29 is 9.53 Å². The normalized spacial score (nSPS) is 11.8. The number of hydrogen-bond donors (Lipinski definition) is 1. The van der Waals surface area contributed by atoms with Crippen LogP contribution >= 0.6 is 0 Å². The Morgan fingerprint density at radius 1 is 0.923 bits per heavy atom. The van der Waals surface area contributed by atoms with Crippen LogP contribution in [0.2, 0.25) is 0 Å². The van der Waals surface area contributed by atoms with E-state index in [9.17, 15) is 4.79 Å². The van der Waals surface area contributed by atoms with Crippen LogP contribution in [0.1, 0.15) is 31.0 Å². The summed E-state index contributed by atoms with van der Waals surface area (Å²) in [5, 5.41) is 3.00. The Bertz CT molecular complexity index is 848. The predicted octanol–water partition coefficient (Wildman–Crippen LogP) is 4.97. The third-order valence-electron chi connectivity index (χ3n) is 3.95. The molecule has 1 unspecified atom stereocenters. The minimum Gasteiger partial charge on any atom is -0.447 e. The van der Waals surface area contributed by atoms with Crippen LogP contribution in [0.25, 0.3) is 11.3 Å². The van der Waals surface area contributed by atoms with Crippen molar-refractivity contribution in [2.45, 2.75) is 26.0 Å². The number of nitrogens with one attached hydrogen (secondary N) is 1. The Hall–Kier alpha value is -3.14. The zero-order valence-electron chi connectivity index (χ0n) is 14.9. The van der Waals surface area contributed by atoms with Crippen molar-refractivity contribution in [2.24, 2.45) is 0 Å². The molecule has 0 spiro atoms. The molecule has 3 rings (SSSR count). The highest BCUT2D eigenvalue weighted by Crippen LogP contribution is 2.31. The maximum Gasteiger partial charge on any atom is 0.408 e. The van der Waals surface area contributed by atoms with Crippen molar-refractivity contribution in [3.63, 3.8) is 0 Å². The molecule has 26 heavy (non-hydrogen) atoms. The number of nitrogens with zero attached hydrogens (tertiary/aromatic N) is 1. The van der Waals surface area contributed by atoms with Crippen LogP contribution in [0.5, 0.6) is 0 Å². The van der Waals surface area contributed by atoms with E-state index in [1.165, 1.54) is 0 Å². The molecule has 0 fully saturated rings. The Balaban J connectivity index is 2.04. The molecule has 1 N–H and O–H groups in total. The van der Waals surface area contributed by atoms with Crippen LogP contribution in [-0.2, 0) is 4.74 Å². The van der Waals surface area contributed by atoms with Crippen LogP contribution in [-0.4, -0.2) is 17.2 Å². The van der Waals surface area contributed by atoms with E-state index in [1.54, 1.807) is 6.20 Å². The van der Waals surface area contributed by atoms with E-state index in [0.29, 0.717) is 0 Å². The molecule has 0 aliphatic heterocycles. The lowest BCUT2D eigenvalue weighted by Gasteiger charge is -2.23. The van der Waals surface area contributed by atoms with Crippen LogP contribution in [0, 0.1) is 0 Å². The average molecular weight is 346 g/mol. The Kier molecular flexibility index (Phi) is 5.64. The number of ether oxygens (including phenoxy) is 1. The molecule has 1 amide bonds. The molecular weight excluding hydrogens is 324 g/mol. The summed E-state index contributed by atoms with van der Waals surface area (Å²) in [4.78, 5) is 16.8. The number of carbonyl (C=O) groups excluding carboxylic acids is 1. The second-order valence-corrected chi connectivity index (χ2v) is 6.24. The van der Waals surface area contributed by atoms with Crippen molar-refractivity contribution in [2.75, 3.05) is 0 Å². The largest absolute Gasteiger partial charge is 0.447 e. The first-order valence-electron chi connectivity index (χ1n) is 8.67. The summed E-state index contributed by atoms with van der Waals surface area (Å²) in [5.41, 5.74) is 3.80. The van der Waals surface area contributed by atoms with Gasteiger partial charge in [0, 0.05) is 11.8 Å². The number of rotatable bonds is 5. The lowest BCUT2D eigenvalue weighted by atomic mass is 9.93. The number of pyridine rings is 1. The van der Waals surface area contributed by atoms with Crippen LogP contribution < -0.4 is 5.32 Å². The van der Waals surface area contributed by atoms with E-state index >= 15 is 0 Å². The SMILES string of the molecule is CC(C)OC(=O)NC(c1ccccc1)c1ccccc1-c1ccccn1. The fourth-order valence-corrected chi connectivity index (χ4v) is 2.86. The molecule has 4 nitrogen and oxygen atoms in total. The highest BCUT2D eigenvalue weighted by molar-refractivity contribution is 5.71. The summed E-state index contributed by atoms with van der Waals surface area (Å²) < 4.78 is 5.30. The van der Waals surface area contributed by atoms with Gasteiger partial charge >= 0.3 is 6.09 Å². The van der Waals surface area contributed by atoms with Gasteiger partial charge < -0.3 is 10.1 Å². The highest BCUT2D eigenvalue weighted by Gasteiger charge is 2.21. The monoisotopic (exact) mass is 346 g/mol. The molecule has 0 aliphatic rings. The third-order valence-corrected chi connectivity index (χ3v) is 3.95. The minimum atomic E-state index is -0.440. The molecule has 0 aliphatic carbocycles. The van der Waals surface area contributed by atoms with E-state index in [1.807, 2.05) is 86.6 Å².